The molecular formula is C14H20FN3. The van der Waals surface area contributed by atoms with Crippen LogP contribution in [0.3, 0.4) is 0 Å². The first-order valence-electron chi connectivity index (χ1n) is 6.37. The van der Waals surface area contributed by atoms with Crippen molar-refractivity contribution in [3.8, 4) is 0 Å². The molecule has 1 saturated heterocycles. The summed E-state index contributed by atoms with van der Waals surface area (Å²) in [7, 11) is 0. The highest BCUT2D eigenvalue weighted by molar-refractivity contribution is 5.46. The van der Waals surface area contributed by atoms with Crippen LogP contribution in [0.25, 0.3) is 0 Å². The van der Waals surface area contributed by atoms with E-state index in [9.17, 15) is 4.39 Å². The van der Waals surface area contributed by atoms with Crippen molar-refractivity contribution in [3.05, 3.63) is 42.2 Å². The highest BCUT2D eigenvalue weighted by Gasteiger charge is 2.15. The number of rotatable bonds is 4. The first kappa shape index (κ1) is 13.1. The monoisotopic (exact) mass is 249 g/mol. The summed E-state index contributed by atoms with van der Waals surface area (Å²) < 4.78 is 12.8. The number of hydrogen-bond acceptors (Lipinski definition) is 3. The third-order valence-electron chi connectivity index (χ3n) is 3.23. The third kappa shape index (κ3) is 3.55. The SMILES string of the molecule is NCC=CCN1CCN(c2ccc(F)cc2)CC1. The molecule has 1 aliphatic rings. The lowest BCUT2D eigenvalue weighted by atomic mass is 10.2. The highest BCUT2D eigenvalue weighted by Crippen LogP contribution is 2.16. The molecule has 1 heterocycles. The summed E-state index contributed by atoms with van der Waals surface area (Å²) in [6.45, 7) is 5.62. The lowest BCUT2D eigenvalue weighted by Gasteiger charge is -2.35. The molecule has 1 aromatic carbocycles. The van der Waals surface area contributed by atoms with Crippen LogP contribution in [0, 0.1) is 5.82 Å². The van der Waals surface area contributed by atoms with Crippen molar-refractivity contribution < 1.29 is 4.39 Å². The fourth-order valence-corrected chi connectivity index (χ4v) is 2.16. The predicted octanol–water partition coefficient (Wildman–Crippen LogP) is 1.46. The quantitative estimate of drug-likeness (QED) is 0.820. The second kappa shape index (κ2) is 6.52. The Morgan fingerprint density at radius 2 is 1.72 bits per heavy atom. The Morgan fingerprint density at radius 1 is 1.06 bits per heavy atom. The van der Waals surface area contributed by atoms with E-state index in [0.29, 0.717) is 6.54 Å². The molecule has 0 saturated carbocycles. The summed E-state index contributed by atoms with van der Waals surface area (Å²) >= 11 is 0. The van der Waals surface area contributed by atoms with Gasteiger partial charge >= 0.3 is 0 Å². The minimum Gasteiger partial charge on any atom is -0.369 e. The molecule has 4 heteroatoms. The highest BCUT2D eigenvalue weighted by atomic mass is 19.1. The van der Waals surface area contributed by atoms with Crippen LogP contribution in [-0.4, -0.2) is 44.2 Å². The molecule has 0 aliphatic carbocycles. The number of benzene rings is 1. The Morgan fingerprint density at radius 3 is 2.33 bits per heavy atom. The van der Waals surface area contributed by atoms with Crippen LogP contribution in [0.4, 0.5) is 10.1 Å². The van der Waals surface area contributed by atoms with Gasteiger partial charge in [0.15, 0.2) is 0 Å². The van der Waals surface area contributed by atoms with Gasteiger partial charge in [-0.1, -0.05) is 12.2 Å². The fraction of sp³-hybridized carbons (Fsp3) is 0.429. The minimum atomic E-state index is -0.177. The van der Waals surface area contributed by atoms with E-state index in [0.717, 1.165) is 38.4 Å². The van der Waals surface area contributed by atoms with Crippen LogP contribution in [0.5, 0.6) is 0 Å². The largest absolute Gasteiger partial charge is 0.369 e. The number of piperazine rings is 1. The van der Waals surface area contributed by atoms with Crippen LogP contribution in [0.1, 0.15) is 0 Å². The maximum atomic E-state index is 12.8. The van der Waals surface area contributed by atoms with Gasteiger partial charge in [-0.25, -0.2) is 4.39 Å². The molecule has 0 atom stereocenters. The summed E-state index contributed by atoms with van der Waals surface area (Å²) in [6, 6.07) is 6.73. The van der Waals surface area contributed by atoms with E-state index in [1.165, 1.54) is 12.1 Å². The van der Waals surface area contributed by atoms with Crippen molar-refractivity contribution in [2.45, 2.75) is 0 Å². The van der Waals surface area contributed by atoms with E-state index < -0.39 is 0 Å². The van der Waals surface area contributed by atoms with Gasteiger partial charge < -0.3 is 10.6 Å². The fourth-order valence-electron chi connectivity index (χ4n) is 2.16. The van der Waals surface area contributed by atoms with Crippen LogP contribution in [0.2, 0.25) is 0 Å². The van der Waals surface area contributed by atoms with Gasteiger partial charge in [-0.2, -0.15) is 0 Å². The summed E-state index contributed by atoms with van der Waals surface area (Å²) in [5, 5.41) is 0. The maximum absolute atomic E-state index is 12.8. The zero-order valence-corrected chi connectivity index (χ0v) is 10.6. The summed E-state index contributed by atoms with van der Waals surface area (Å²) in [4.78, 5) is 4.69. The molecule has 1 aliphatic heterocycles. The Balaban J connectivity index is 1.83. The lowest BCUT2D eigenvalue weighted by molar-refractivity contribution is 0.284. The van der Waals surface area contributed by atoms with Crippen LogP contribution >= 0.6 is 0 Å². The molecule has 2 rings (SSSR count). The van der Waals surface area contributed by atoms with Gasteiger partial charge in [0.25, 0.3) is 0 Å². The number of hydrogen-bond donors (Lipinski definition) is 1. The molecule has 1 aromatic rings. The summed E-state index contributed by atoms with van der Waals surface area (Å²) in [5.74, 6) is -0.177. The Bertz CT molecular complexity index is 381. The molecule has 0 spiro atoms. The summed E-state index contributed by atoms with van der Waals surface area (Å²) in [5.41, 5.74) is 6.52. The first-order chi connectivity index (χ1) is 8.79. The molecule has 1 fully saturated rings. The zero-order valence-electron chi connectivity index (χ0n) is 10.6. The van der Waals surface area contributed by atoms with E-state index >= 15 is 0 Å². The Labute approximate surface area is 108 Å². The minimum absolute atomic E-state index is 0.177. The van der Waals surface area contributed by atoms with Crippen molar-refractivity contribution >= 4 is 5.69 Å². The second-order valence-corrected chi connectivity index (χ2v) is 4.47. The van der Waals surface area contributed by atoms with Gasteiger partial charge in [-0.3, -0.25) is 4.90 Å². The molecule has 0 radical (unpaired) electrons. The molecule has 0 amide bonds. The van der Waals surface area contributed by atoms with Gasteiger partial charge in [0.05, 0.1) is 0 Å². The second-order valence-electron chi connectivity index (χ2n) is 4.47. The molecule has 3 nitrogen and oxygen atoms in total. The average Bonchev–Trinajstić information content (AvgIpc) is 2.41. The Hall–Kier alpha value is -1.39. The topological polar surface area (TPSA) is 32.5 Å². The van der Waals surface area contributed by atoms with Crippen molar-refractivity contribution in [1.29, 1.82) is 0 Å². The van der Waals surface area contributed by atoms with Crippen LogP contribution in [0.15, 0.2) is 36.4 Å². The average molecular weight is 249 g/mol. The summed E-state index contributed by atoms with van der Waals surface area (Å²) in [6.07, 6.45) is 4.11. The van der Waals surface area contributed by atoms with Gasteiger partial charge in [-0.15, -0.1) is 0 Å². The number of nitrogens with two attached hydrogens (primary N) is 1. The van der Waals surface area contributed by atoms with Gasteiger partial charge in [0.2, 0.25) is 0 Å². The lowest BCUT2D eigenvalue weighted by Crippen LogP contribution is -2.46. The van der Waals surface area contributed by atoms with Crippen molar-refractivity contribution in [3.63, 3.8) is 0 Å². The smallest absolute Gasteiger partial charge is 0.123 e. The molecule has 18 heavy (non-hydrogen) atoms. The molecule has 98 valence electrons. The van der Waals surface area contributed by atoms with E-state index in [2.05, 4.69) is 15.9 Å². The molecule has 0 bridgehead atoms. The predicted molar refractivity (Wildman–Crippen MR) is 73.2 cm³/mol. The molecule has 2 N–H and O–H groups in total. The molecule has 0 aromatic heterocycles. The van der Waals surface area contributed by atoms with Crippen molar-refractivity contribution in [2.24, 2.45) is 5.73 Å². The van der Waals surface area contributed by atoms with E-state index in [1.807, 2.05) is 18.2 Å². The normalized spacial score (nSPS) is 17.6. The number of nitrogens with zero attached hydrogens (tertiary/aromatic N) is 2. The van der Waals surface area contributed by atoms with E-state index in [-0.39, 0.29) is 5.82 Å². The van der Waals surface area contributed by atoms with Crippen LogP contribution < -0.4 is 10.6 Å². The van der Waals surface area contributed by atoms with Crippen molar-refractivity contribution in [2.75, 3.05) is 44.2 Å². The Kier molecular flexibility index (Phi) is 4.73. The third-order valence-corrected chi connectivity index (χ3v) is 3.23. The maximum Gasteiger partial charge on any atom is 0.123 e. The van der Waals surface area contributed by atoms with Gasteiger partial charge in [0.1, 0.15) is 5.82 Å². The number of halogens is 1. The van der Waals surface area contributed by atoms with Gasteiger partial charge in [0, 0.05) is 45.0 Å². The van der Waals surface area contributed by atoms with Gasteiger partial charge in [-0.05, 0) is 24.3 Å². The molecular weight excluding hydrogens is 229 g/mol. The van der Waals surface area contributed by atoms with E-state index in [4.69, 9.17) is 5.73 Å². The molecule has 0 unspecified atom stereocenters. The zero-order chi connectivity index (χ0) is 12.8. The standard InChI is InChI=1S/C14H20FN3/c15-13-3-5-14(6-4-13)18-11-9-17(10-12-18)8-2-1-7-16/h1-6H,7-12,16H2. The first-order valence-corrected chi connectivity index (χ1v) is 6.37. The van der Waals surface area contributed by atoms with Crippen LogP contribution in [-0.2, 0) is 0 Å². The van der Waals surface area contributed by atoms with Crippen molar-refractivity contribution in [1.82, 2.24) is 4.90 Å². The number of anilines is 1. The van der Waals surface area contributed by atoms with E-state index in [1.54, 1.807) is 0 Å².